The van der Waals surface area contributed by atoms with Gasteiger partial charge in [-0.3, -0.25) is 0 Å². The van der Waals surface area contributed by atoms with Gasteiger partial charge < -0.3 is 4.90 Å². The molecule has 0 aliphatic heterocycles. The second-order valence-corrected chi connectivity index (χ2v) is 8.54. The van der Waals surface area contributed by atoms with Gasteiger partial charge in [-0.2, -0.15) is 0 Å². The molecule has 0 aromatic rings. The van der Waals surface area contributed by atoms with E-state index in [2.05, 4.69) is 101 Å². The summed E-state index contributed by atoms with van der Waals surface area (Å²) in [4.78, 5) is 2.27. The van der Waals surface area contributed by atoms with E-state index in [4.69, 9.17) is 0 Å². The molecule has 0 aromatic carbocycles. The summed E-state index contributed by atoms with van der Waals surface area (Å²) in [5.41, 5.74) is 5.95. The molecule has 0 fully saturated rings. The van der Waals surface area contributed by atoms with Crippen LogP contribution in [-0.2, 0) is 0 Å². The Morgan fingerprint density at radius 2 is 1.70 bits per heavy atom. The summed E-state index contributed by atoms with van der Waals surface area (Å²) in [5, 5.41) is 0. The Bertz CT molecular complexity index is 676. The van der Waals surface area contributed by atoms with Crippen LogP contribution < -0.4 is 0 Å². The lowest BCUT2D eigenvalue weighted by atomic mass is 9.85. The SMILES string of the molecule is C=C/C(=C\C(C)=C(/CC)N(C(=C)/C=C\C(Br)=C/C)/C(C)=C/CC)C(C)(C)C. The van der Waals surface area contributed by atoms with Crippen molar-refractivity contribution in [2.24, 2.45) is 5.41 Å². The number of rotatable bonds is 9. The minimum absolute atomic E-state index is 0.0642. The second kappa shape index (κ2) is 12.0. The summed E-state index contributed by atoms with van der Waals surface area (Å²) in [6.07, 6.45) is 14.5. The topological polar surface area (TPSA) is 3.24 Å². The van der Waals surface area contributed by atoms with Crippen LogP contribution in [-0.4, -0.2) is 4.90 Å². The lowest BCUT2D eigenvalue weighted by molar-refractivity contribution is 0.510. The van der Waals surface area contributed by atoms with Crippen molar-refractivity contribution < 1.29 is 0 Å². The molecular formula is C25H38BrN. The molecule has 0 saturated carbocycles. The molecule has 0 aromatic heterocycles. The summed E-state index contributed by atoms with van der Waals surface area (Å²) in [7, 11) is 0. The Balaban J connectivity index is 6.38. The second-order valence-electron chi connectivity index (χ2n) is 7.62. The molecule has 150 valence electrons. The number of hydrogen-bond donors (Lipinski definition) is 0. The molecule has 0 atom stereocenters. The van der Waals surface area contributed by atoms with Crippen LogP contribution in [0.4, 0.5) is 0 Å². The highest BCUT2D eigenvalue weighted by molar-refractivity contribution is 9.11. The molecule has 0 heterocycles. The van der Waals surface area contributed by atoms with E-state index in [1.54, 1.807) is 0 Å². The van der Waals surface area contributed by atoms with Gasteiger partial charge in [0.1, 0.15) is 0 Å². The van der Waals surface area contributed by atoms with Crippen molar-refractivity contribution in [1.29, 1.82) is 0 Å². The zero-order valence-corrected chi connectivity index (χ0v) is 20.2. The van der Waals surface area contributed by atoms with Crippen molar-refractivity contribution in [2.45, 2.75) is 68.2 Å². The quantitative estimate of drug-likeness (QED) is 0.329. The lowest BCUT2D eigenvalue weighted by Crippen LogP contribution is -2.20. The van der Waals surface area contributed by atoms with E-state index < -0.39 is 0 Å². The van der Waals surface area contributed by atoms with Crippen LogP contribution in [0.3, 0.4) is 0 Å². The van der Waals surface area contributed by atoms with Gasteiger partial charge in [0.05, 0.1) is 0 Å². The van der Waals surface area contributed by atoms with E-state index in [1.807, 2.05) is 25.2 Å². The fourth-order valence-electron chi connectivity index (χ4n) is 2.86. The number of hydrogen-bond acceptors (Lipinski definition) is 1. The van der Waals surface area contributed by atoms with Crippen molar-refractivity contribution in [3.63, 3.8) is 0 Å². The molecule has 27 heavy (non-hydrogen) atoms. The van der Waals surface area contributed by atoms with Gasteiger partial charge in [-0.05, 0) is 62.3 Å². The van der Waals surface area contributed by atoms with Crippen LogP contribution in [0.5, 0.6) is 0 Å². The van der Waals surface area contributed by atoms with E-state index in [9.17, 15) is 0 Å². The zero-order valence-electron chi connectivity index (χ0n) is 18.6. The first-order valence-corrected chi connectivity index (χ1v) is 10.5. The maximum atomic E-state index is 4.34. The summed E-state index contributed by atoms with van der Waals surface area (Å²) < 4.78 is 1.04. The Hall–Kier alpha value is -1.54. The molecule has 0 aliphatic rings. The van der Waals surface area contributed by atoms with Gasteiger partial charge in [-0.1, -0.05) is 88.0 Å². The van der Waals surface area contributed by atoms with Crippen LogP contribution in [0.2, 0.25) is 0 Å². The molecule has 0 N–H and O–H groups in total. The van der Waals surface area contributed by atoms with E-state index in [0.29, 0.717) is 0 Å². The minimum Gasteiger partial charge on any atom is -0.319 e. The summed E-state index contributed by atoms with van der Waals surface area (Å²) in [6, 6.07) is 0. The van der Waals surface area contributed by atoms with Crippen molar-refractivity contribution >= 4 is 15.9 Å². The number of halogens is 1. The Kier molecular flexibility index (Phi) is 11.3. The molecule has 0 radical (unpaired) electrons. The monoisotopic (exact) mass is 431 g/mol. The number of nitrogens with zero attached hydrogens (tertiary/aromatic N) is 1. The van der Waals surface area contributed by atoms with E-state index in [0.717, 1.165) is 23.0 Å². The standard InChI is InChI=1S/C25H38BrN/c1-11-15-20(6)27(21(7)16-17-23(26)13-3)24(14-4)19(5)18-22(12-2)25(8,9)10/h12-13,15-18H,2,7,11,14H2,1,3-6,8-10H3/b17-16-,20-15+,22-18+,23-13+,24-19+. The van der Waals surface area contributed by atoms with Crippen LogP contribution in [0, 0.1) is 5.41 Å². The van der Waals surface area contributed by atoms with Crippen LogP contribution >= 0.6 is 15.9 Å². The molecule has 0 aliphatic carbocycles. The summed E-state index contributed by atoms with van der Waals surface area (Å²) in [6.45, 7) is 25.7. The fraction of sp³-hybridized carbons (Fsp3) is 0.440. The molecule has 0 rings (SSSR count). The highest BCUT2D eigenvalue weighted by Gasteiger charge is 2.17. The van der Waals surface area contributed by atoms with Gasteiger partial charge in [0, 0.05) is 21.6 Å². The van der Waals surface area contributed by atoms with Gasteiger partial charge >= 0.3 is 0 Å². The van der Waals surface area contributed by atoms with Gasteiger partial charge in [0.25, 0.3) is 0 Å². The van der Waals surface area contributed by atoms with Gasteiger partial charge in [-0.25, -0.2) is 0 Å². The summed E-state index contributed by atoms with van der Waals surface area (Å²) >= 11 is 3.54. The average Bonchev–Trinajstić information content (AvgIpc) is 2.60. The first-order valence-electron chi connectivity index (χ1n) is 9.73. The van der Waals surface area contributed by atoms with Crippen molar-refractivity contribution in [2.75, 3.05) is 0 Å². The average molecular weight is 432 g/mol. The molecule has 1 nitrogen and oxygen atoms in total. The van der Waals surface area contributed by atoms with Crippen LogP contribution in [0.1, 0.15) is 68.2 Å². The zero-order chi connectivity index (χ0) is 21.2. The van der Waals surface area contributed by atoms with E-state index in [1.165, 1.54) is 22.5 Å². The predicted molar refractivity (Wildman–Crippen MR) is 128 cm³/mol. The highest BCUT2D eigenvalue weighted by atomic mass is 79.9. The summed E-state index contributed by atoms with van der Waals surface area (Å²) in [5.74, 6) is 0. The number of allylic oxidation sites excluding steroid dienone is 11. The highest BCUT2D eigenvalue weighted by Crippen LogP contribution is 2.31. The van der Waals surface area contributed by atoms with E-state index >= 15 is 0 Å². The largest absolute Gasteiger partial charge is 0.319 e. The maximum absolute atomic E-state index is 4.34. The molecule has 0 unspecified atom stereocenters. The van der Waals surface area contributed by atoms with Gasteiger partial charge in [-0.15, -0.1) is 0 Å². The minimum atomic E-state index is 0.0642. The molecule has 0 amide bonds. The molecule has 0 saturated heterocycles. The van der Waals surface area contributed by atoms with Crippen molar-refractivity contribution in [3.8, 4) is 0 Å². The third kappa shape index (κ3) is 8.34. The molecule has 0 bridgehead atoms. The van der Waals surface area contributed by atoms with Crippen LogP contribution in [0.15, 0.2) is 82.3 Å². The first kappa shape index (κ1) is 25.5. The molecule has 0 spiro atoms. The fourth-order valence-corrected chi connectivity index (χ4v) is 2.99. The Labute approximate surface area is 176 Å². The third-order valence-electron chi connectivity index (χ3n) is 4.37. The predicted octanol–water partition coefficient (Wildman–Crippen LogP) is 8.81. The maximum Gasteiger partial charge on any atom is 0.0383 e. The smallest absolute Gasteiger partial charge is 0.0383 e. The van der Waals surface area contributed by atoms with Crippen molar-refractivity contribution in [1.82, 2.24) is 4.90 Å². The Morgan fingerprint density at radius 1 is 1.11 bits per heavy atom. The first-order chi connectivity index (χ1) is 12.5. The Morgan fingerprint density at radius 3 is 2.11 bits per heavy atom. The van der Waals surface area contributed by atoms with Crippen molar-refractivity contribution in [3.05, 3.63) is 82.3 Å². The molecular weight excluding hydrogens is 394 g/mol. The third-order valence-corrected chi connectivity index (χ3v) is 5.09. The van der Waals surface area contributed by atoms with Gasteiger partial charge in [0.2, 0.25) is 0 Å². The lowest BCUT2D eigenvalue weighted by Gasteiger charge is -2.30. The van der Waals surface area contributed by atoms with Crippen LogP contribution in [0.25, 0.3) is 0 Å². The normalized spacial score (nSPS) is 15.1. The van der Waals surface area contributed by atoms with E-state index in [-0.39, 0.29) is 5.41 Å². The molecule has 2 heteroatoms. The van der Waals surface area contributed by atoms with Gasteiger partial charge in [0.15, 0.2) is 0 Å².